The van der Waals surface area contributed by atoms with Gasteiger partial charge in [0, 0.05) is 24.4 Å². The van der Waals surface area contributed by atoms with E-state index < -0.39 is 29.9 Å². The number of ether oxygens (including phenoxy) is 3. The summed E-state index contributed by atoms with van der Waals surface area (Å²) in [5.41, 5.74) is -1.42. The maximum absolute atomic E-state index is 13.9. The summed E-state index contributed by atoms with van der Waals surface area (Å²) in [5.74, 6) is -0.679. The molecular weight excluding hydrogens is 522 g/mol. The number of carbonyl (C=O) groups is 1. The minimum Gasteiger partial charge on any atom is -0.493 e. The number of aromatic nitrogens is 3. The van der Waals surface area contributed by atoms with Crippen LogP contribution in [0.25, 0.3) is 16.9 Å². The van der Waals surface area contributed by atoms with Crippen molar-refractivity contribution in [2.75, 3.05) is 26.2 Å². The minimum absolute atomic E-state index is 0.0571. The maximum Gasteiger partial charge on any atom is 0.573 e. The summed E-state index contributed by atoms with van der Waals surface area (Å²) in [6.07, 6.45) is -9.74. The third-order valence-corrected chi connectivity index (χ3v) is 5.38. The van der Waals surface area contributed by atoms with Gasteiger partial charge in [-0.2, -0.15) is 18.3 Å². The number of carbonyl (C=O) groups excluding carboxylic acids is 1. The van der Waals surface area contributed by atoms with Gasteiger partial charge in [-0.25, -0.2) is 9.50 Å². The molecule has 0 N–H and O–H groups in total. The summed E-state index contributed by atoms with van der Waals surface area (Å²) < 4.78 is 93.6. The van der Waals surface area contributed by atoms with E-state index >= 15 is 0 Å². The molecule has 0 fully saturated rings. The van der Waals surface area contributed by atoms with Crippen molar-refractivity contribution < 1.29 is 45.3 Å². The number of hydrogen-bond donors (Lipinski definition) is 0. The Bertz CT molecular complexity index is 1480. The number of benzene rings is 2. The molecule has 200 valence electrons. The van der Waals surface area contributed by atoms with Crippen molar-refractivity contribution in [3.8, 4) is 28.5 Å². The first-order chi connectivity index (χ1) is 17.8. The van der Waals surface area contributed by atoms with Gasteiger partial charge in [0.1, 0.15) is 5.75 Å². The zero-order chi connectivity index (χ0) is 27.8. The largest absolute Gasteiger partial charge is 0.573 e. The molecule has 0 unspecified atom stereocenters. The van der Waals surface area contributed by atoms with Gasteiger partial charge < -0.3 is 19.1 Å². The number of anilines is 1. The molecule has 2 heterocycles. The number of amides is 1. The van der Waals surface area contributed by atoms with E-state index in [-0.39, 0.29) is 28.5 Å². The van der Waals surface area contributed by atoms with Crippen LogP contribution in [-0.4, -0.2) is 48.1 Å². The highest BCUT2D eigenvalue weighted by molar-refractivity contribution is 6.05. The van der Waals surface area contributed by atoms with Crippen molar-refractivity contribution in [1.82, 2.24) is 14.6 Å². The van der Waals surface area contributed by atoms with Crippen molar-refractivity contribution in [2.45, 2.75) is 12.5 Å². The Morgan fingerprint density at radius 2 is 1.55 bits per heavy atom. The number of rotatable bonds is 6. The highest BCUT2D eigenvalue weighted by Gasteiger charge is 2.36. The van der Waals surface area contributed by atoms with Crippen molar-refractivity contribution in [3.63, 3.8) is 0 Å². The number of alkyl halides is 6. The molecule has 0 aliphatic carbocycles. The summed E-state index contributed by atoms with van der Waals surface area (Å²) in [6, 6.07) is 10.7. The molecule has 0 saturated carbocycles. The van der Waals surface area contributed by atoms with Crippen molar-refractivity contribution in [1.29, 1.82) is 0 Å². The van der Waals surface area contributed by atoms with Crippen LogP contribution in [-0.2, 0) is 6.18 Å². The zero-order valence-corrected chi connectivity index (χ0v) is 19.9. The molecular formula is C24H18F6N4O4. The molecule has 0 radical (unpaired) electrons. The Labute approximate surface area is 211 Å². The van der Waals surface area contributed by atoms with Crippen LogP contribution in [0, 0.1) is 0 Å². The van der Waals surface area contributed by atoms with Gasteiger partial charge in [-0.05, 0) is 48.5 Å². The summed E-state index contributed by atoms with van der Waals surface area (Å²) >= 11 is 0. The summed E-state index contributed by atoms with van der Waals surface area (Å²) in [7, 11) is 4.08. The van der Waals surface area contributed by atoms with E-state index in [1.807, 2.05) is 0 Å². The molecule has 0 spiro atoms. The fourth-order valence-electron chi connectivity index (χ4n) is 3.58. The first-order valence-electron chi connectivity index (χ1n) is 10.6. The molecule has 0 bridgehead atoms. The minimum atomic E-state index is -4.89. The molecule has 1 amide bonds. The molecule has 0 atom stereocenters. The van der Waals surface area contributed by atoms with Crippen LogP contribution in [0.3, 0.4) is 0 Å². The lowest BCUT2D eigenvalue weighted by Gasteiger charge is -2.17. The predicted molar refractivity (Wildman–Crippen MR) is 122 cm³/mol. The monoisotopic (exact) mass is 540 g/mol. The second-order valence-electron chi connectivity index (χ2n) is 7.80. The van der Waals surface area contributed by atoms with E-state index in [0.717, 1.165) is 29.2 Å². The Hall–Kier alpha value is -4.49. The fraction of sp³-hybridized carbons (Fsp3) is 0.208. The SMILES string of the molecule is COc1ccc(-c2cc(C(F)(F)F)n3nc(C(=O)N(C)c4ccc(OC(F)(F)F)cc4)cc3n2)cc1OC. The maximum atomic E-state index is 13.9. The molecule has 14 heteroatoms. The smallest absolute Gasteiger partial charge is 0.493 e. The van der Waals surface area contributed by atoms with Gasteiger partial charge in [0.05, 0.1) is 19.9 Å². The lowest BCUT2D eigenvalue weighted by atomic mass is 10.1. The average molecular weight is 540 g/mol. The van der Waals surface area contributed by atoms with Crippen molar-refractivity contribution >= 4 is 17.2 Å². The number of methoxy groups -OCH3 is 2. The second kappa shape index (κ2) is 9.76. The standard InChI is InChI=1S/C24H18F6N4O4/c1-33(14-5-7-15(8-6-14)38-24(28,29)30)22(35)17-12-21-31-16(11-20(23(25,26)27)34(21)32-17)13-4-9-18(36-2)19(10-13)37-3/h4-12H,1-3H3. The lowest BCUT2D eigenvalue weighted by Crippen LogP contribution is -2.26. The molecule has 0 saturated heterocycles. The number of nitrogens with zero attached hydrogens (tertiary/aromatic N) is 4. The normalized spacial score (nSPS) is 11.9. The Morgan fingerprint density at radius 1 is 0.895 bits per heavy atom. The summed E-state index contributed by atoms with van der Waals surface area (Å²) in [6.45, 7) is 0. The van der Waals surface area contributed by atoms with Gasteiger partial charge in [-0.3, -0.25) is 4.79 Å². The van der Waals surface area contributed by atoms with Gasteiger partial charge in [0.25, 0.3) is 5.91 Å². The Balaban J connectivity index is 1.72. The number of halogens is 6. The molecule has 8 nitrogen and oxygen atoms in total. The highest BCUT2D eigenvalue weighted by Crippen LogP contribution is 2.35. The van der Waals surface area contributed by atoms with Crippen LogP contribution >= 0.6 is 0 Å². The third-order valence-electron chi connectivity index (χ3n) is 5.38. The summed E-state index contributed by atoms with van der Waals surface area (Å²) in [5, 5.41) is 3.81. The van der Waals surface area contributed by atoms with E-state index in [9.17, 15) is 31.1 Å². The predicted octanol–water partition coefficient (Wildman–Crippen LogP) is 5.61. The average Bonchev–Trinajstić information content (AvgIpc) is 3.29. The van der Waals surface area contributed by atoms with Gasteiger partial charge in [0.15, 0.2) is 28.5 Å². The van der Waals surface area contributed by atoms with Gasteiger partial charge in [0.2, 0.25) is 0 Å². The topological polar surface area (TPSA) is 78.2 Å². The number of hydrogen-bond acceptors (Lipinski definition) is 6. The van der Waals surface area contributed by atoms with Crippen LogP contribution in [0.5, 0.6) is 17.2 Å². The Kier molecular flexibility index (Phi) is 6.82. The van der Waals surface area contributed by atoms with E-state index in [4.69, 9.17) is 9.47 Å². The van der Waals surface area contributed by atoms with Gasteiger partial charge in [-0.1, -0.05) is 0 Å². The van der Waals surface area contributed by atoms with Crippen LogP contribution in [0.15, 0.2) is 54.6 Å². The van der Waals surface area contributed by atoms with Crippen LogP contribution in [0.4, 0.5) is 32.0 Å². The van der Waals surface area contributed by atoms with Gasteiger partial charge in [-0.15, -0.1) is 13.2 Å². The first kappa shape index (κ1) is 26.6. The molecule has 2 aromatic heterocycles. The van der Waals surface area contributed by atoms with Crippen molar-refractivity contribution in [3.05, 3.63) is 66.0 Å². The van der Waals surface area contributed by atoms with Crippen LogP contribution in [0.1, 0.15) is 16.2 Å². The highest BCUT2D eigenvalue weighted by atomic mass is 19.4. The lowest BCUT2D eigenvalue weighted by molar-refractivity contribution is -0.274. The van der Waals surface area contributed by atoms with E-state index in [1.54, 1.807) is 0 Å². The van der Waals surface area contributed by atoms with Gasteiger partial charge >= 0.3 is 12.5 Å². The Morgan fingerprint density at radius 3 is 2.13 bits per heavy atom. The second-order valence-corrected chi connectivity index (χ2v) is 7.80. The molecule has 0 aliphatic heterocycles. The van der Waals surface area contributed by atoms with Crippen LogP contribution < -0.4 is 19.1 Å². The molecule has 4 rings (SSSR count). The molecule has 2 aromatic carbocycles. The quantitative estimate of drug-likeness (QED) is 0.296. The summed E-state index contributed by atoms with van der Waals surface area (Å²) in [4.78, 5) is 18.3. The van der Waals surface area contributed by atoms with E-state index in [1.165, 1.54) is 51.6 Å². The number of fused-ring (bicyclic) bond motifs is 1. The van der Waals surface area contributed by atoms with Crippen molar-refractivity contribution in [2.24, 2.45) is 0 Å². The molecule has 4 aromatic rings. The molecule has 38 heavy (non-hydrogen) atoms. The third kappa shape index (κ3) is 5.43. The van der Waals surface area contributed by atoms with E-state index in [2.05, 4.69) is 14.8 Å². The van der Waals surface area contributed by atoms with E-state index in [0.29, 0.717) is 15.8 Å². The fourth-order valence-corrected chi connectivity index (χ4v) is 3.58. The molecule has 0 aliphatic rings. The zero-order valence-electron chi connectivity index (χ0n) is 19.9. The first-order valence-corrected chi connectivity index (χ1v) is 10.6. The van der Waals surface area contributed by atoms with Crippen LogP contribution in [0.2, 0.25) is 0 Å².